The Morgan fingerprint density at radius 3 is 2.39 bits per heavy atom. The molecule has 150 valence electrons. The summed E-state index contributed by atoms with van der Waals surface area (Å²) in [6, 6.07) is 12.5. The molecule has 0 saturated heterocycles. The van der Waals surface area contributed by atoms with Crippen LogP contribution in [-0.4, -0.2) is 32.1 Å². The monoisotopic (exact) mass is 386 g/mol. The molecule has 0 spiro atoms. The van der Waals surface area contributed by atoms with Crippen LogP contribution in [0.1, 0.15) is 35.3 Å². The van der Waals surface area contributed by atoms with E-state index in [1.807, 2.05) is 31.2 Å². The van der Waals surface area contributed by atoms with E-state index in [0.29, 0.717) is 30.3 Å². The number of hydrogen-bond donors (Lipinski definition) is 2. The first-order chi connectivity index (χ1) is 13.6. The second kappa shape index (κ2) is 10.9. The quantitative estimate of drug-likeness (QED) is 0.647. The Labute approximate surface area is 165 Å². The molecule has 0 radical (unpaired) electrons. The summed E-state index contributed by atoms with van der Waals surface area (Å²) in [4.78, 5) is 24.2. The molecule has 2 amide bonds. The highest BCUT2D eigenvalue weighted by atomic mass is 16.5. The highest BCUT2D eigenvalue weighted by Crippen LogP contribution is 2.20. The third-order valence-corrected chi connectivity index (χ3v) is 4.02. The minimum Gasteiger partial charge on any atom is -0.496 e. The van der Waals surface area contributed by atoms with Crippen LogP contribution in [-0.2, 0) is 22.6 Å². The van der Waals surface area contributed by atoms with Crippen LogP contribution in [0.2, 0.25) is 0 Å². The molecule has 0 saturated carbocycles. The molecule has 0 aromatic heterocycles. The predicted molar refractivity (Wildman–Crippen MR) is 105 cm³/mol. The Balaban J connectivity index is 1.85. The first kappa shape index (κ1) is 21.2. The average molecular weight is 386 g/mol. The molecule has 0 unspecified atom stereocenters. The number of hydrazine groups is 1. The van der Waals surface area contributed by atoms with E-state index >= 15 is 0 Å². The fourth-order valence-electron chi connectivity index (χ4n) is 2.45. The fourth-order valence-corrected chi connectivity index (χ4v) is 2.45. The van der Waals surface area contributed by atoms with Crippen LogP contribution in [0.4, 0.5) is 0 Å². The van der Waals surface area contributed by atoms with Crippen molar-refractivity contribution in [3.63, 3.8) is 0 Å². The lowest BCUT2D eigenvalue weighted by Crippen LogP contribution is -2.43. The van der Waals surface area contributed by atoms with Crippen molar-refractivity contribution in [1.82, 2.24) is 10.9 Å². The summed E-state index contributed by atoms with van der Waals surface area (Å²) in [5.41, 5.74) is 7.03. The maximum absolute atomic E-state index is 12.3. The van der Waals surface area contributed by atoms with Gasteiger partial charge in [-0.15, -0.1) is 0 Å². The average Bonchev–Trinajstić information content (AvgIpc) is 2.74. The van der Waals surface area contributed by atoms with E-state index in [9.17, 15) is 9.59 Å². The number of rotatable bonds is 9. The molecular formula is C21H26N2O5. The zero-order valence-corrected chi connectivity index (χ0v) is 16.4. The number of benzene rings is 2. The van der Waals surface area contributed by atoms with Crippen LogP contribution in [0.5, 0.6) is 11.5 Å². The number of carbonyl (C=O) groups is 2. The molecule has 0 fully saturated rings. The smallest absolute Gasteiger partial charge is 0.276 e. The first-order valence-corrected chi connectivity index (χ1v) is 9.13. The van der Waals surface area contributed by atoms with Crippen LogP contribution in [0.25, 0.3) is 0 Å². The van der Waals surface area contributed by atoms with Crippen LogP contribution >= 0.6 is 0 Å². The third-order valence-electron chi connectivity index (χ3n) is 4.02. The third kappa shape index (κ3) is 6.28. The van der Waals surface area contributed by atoms with Gasteiger partial charge in [-0.1, -0.05) is 19.1 Å². The van der Waals surface area contributed by atoms with Gasteiger partial charge >= 0.3 is 0 Å². The number of nitrogens with one attached hydrogen (secondary N) is 2. The van der Waals surface area contributed by atoms with Crippen molar-refractivity contribution in [2.24, 2.45) is 0 Å². The highest BCUT2D eigenvalue weighted by Gasteiger charge is 2.12. The first-order valence-electron chi connectivity index (χ1n) is 9.13. The number of hydrogen-bond acceptors (Lipinski definition) is 5. The van der Waals surface area contributed by atoms with Gasteiger partial charge in [-0.2, -0.15) is 0 Å². The number of methoxy groups -OCH3 is 1. The van der Waals surface area contributed by atoms with Crippen molar-refractivity contribution in [3.8, 4) is 11.5 Å². The Morgan fingerprint density at radius 2 is 1.75 bits per heavy atom. The zero-order chi connectivity index (χ0) is 20.4. The Bertz CT molecular complexity index is 790. The number of aryl methyl sites for hydroxylation is 1. The van der Waals surface area contributed by atoms with Crippen molar-refractivity contribution in [1.29, 1.82) is 0 Å². The van der Waals surface area contributed by atoms with Gasteiger partial charge in [0.05, 0.1) is 13.7 Å². The van der Waals surface area contributed by atoms with Gasteiger partial charge in [0.15, 0.2) is 6.61 Å². The van der Waals surface area contributed by atoms with E-state index in [2.05, 4.69) is 17.8 Å². The maximum Gasteiger partial charge on any atom is 0.276 e. The molecule has 0 bridgehead atoms. The summed E-state index contributed by atoms with van der Waals surface area (Å²) in [6.45, 7) is 4.63. The van der Waals surface area contributed by atoms with E-state index in [1.54, 1.807) is 25.3 Å². The Hall–Kier alpha value is -3.06. The lowest BCUT2D eigenvalue weighted by Gasteiger charge is -2.12. The summed E-state index contributed by atoms with van der Waals surface area (Å²) in [7, 11) is 1.56. The van der Waals surface area contributed by atoms with E-state index in [4.69, 9.17) is 14.2 Å². The van der Waals surface area contributed by atoms with Gasteiger partial charge in [0.25, 0.3) is 11.8 Å². The maximum atomic E-state index is 12.3. The van der Waals surface area contributed by atoms with Crippen molar-refractivity contribution in [2.75, 3.05) is 20.3 Å². The normalized spacial score (nSPS) is 10.2. The fraction of sp³-hybridized carbons (Fsp3) is 0.333. The largest absolute Gasteiger partial charge is 0.496 e. The minimum atomic E-state index is -0.462. The molecular weight excluding hydrogens is 360 g/mol. The van der Waals surface area contributed by atoms with E-state index in [0.717, 1.165) is 12.0 Å². The highest BCUT2D eigenvalue weighted by molar-refractivity contribution is 5.95. The van der Waals surface area contributed by atoms with Crippen molar-refractivity contribution >= 4 is 11.8 Å². The van der Waals surface area contributed by atoms with Gasteiger partial charge in [-0.3, -0.25) is 20.4 Å². The van der Waals surface area contributed by atoms with Crippen molar-refractivity contribution in [3.05, 3.63) is 59.2 Å². The lowest BCUT2D eigenvalue weighted by atomic mass is 10.1. The van der Waals surface area contributed by atoms with E-state index in [1.165, 1.54) is 5.56 Å². The van der Waals surface area contributed by atoms with Gasteiger partial charge in [-0.25, -0.2) is 0 Å². The van der Waals surface area contributed by atoms with Gasteiger partial charge in [-0.05, 0) is 49.2 Å². The molecule has 0 aliphatic rings. The second-order valence-corrected chi connectivity index (χ2v) is 5.95. The molecule has 2 rings (SSSR count). The molecule has 28 heavy (non-hydrogen) atoms. The SMILES string of the molecule is CCOCc1cc(C(=O)NNC(=O)COc2ccc(CC)cc2)ccc1OC. The van der Waals surface area contributed by atoms with Crippen LogP contribution in [0, 0.1) is 0 Å². The Morgan fingerprint density at radius 1 is 1.00 bits per heavy atom. The summed E-state index contributed by atoms with van der Waals surface area (Å²) in [5.74, 6) is 0.322. The standard InChI is InChI=1S/C21H26N2O5/c1-4-15-6-9-18(10-7-15)28-14-20(24)22-23-21(25)16-8-11-19(26-3)17(12-16)13-27-5-2/h6-12H,4-5,13-14H2,1-3H3,(H,22,24)(H,23,25). The topological polar surface area (TPSA) is 85.9 Å². The zero-order valence-electron chi connectivity index (χ0n) is 16.4. The molecule has 7 heteroatoms. The van der Waals surface area contributed by atoms with E-state index in [-0.39, 0.29) is 6.61 Å². The molecule has 0 aliphatic carbocycles. The van der Waals surface area contributed by atoms with E-state index < -0.39 is 11.8 Å². The number of carbonyl (C=O) groups excluding carboxylic acids is 2. The molecule has 2 aromatic carbocycles. The molecule has 0 atom stereocenters. The number of ether oxygens (including phenoxy) is 3. The molecule has 0 heterocycles. The predicted octanol–water partition coefficient (Wildman–Crippen LogP) is 2.63. The lowest BCUT2D eigenvalue weighted by molar-refractivity contribution is -0.123. The van der Waals surface area contributed by atoms with Crippen LogP contribution < -0.4 is 20.3 Å². The minimum absolute atomic E-state index is 0.204. The van der Waals surface area contributed by atoms with Gasteiger partial charge in [0, 0.05) is 17.7 Å². The molecule has 7 nitrogen and oxygen atoms in total. The summed E-state index contributed by atoms with van der Waals surface area (Å²) >= 11 is 0. The van der Waals surface area contributed by atoms with Crippen LogP contribution in [0.15, 0.2) is 42.5 Å². The molecule has 2 N–H and O–H groups in total. The summed E-state index contributed by atoms with van der Waals surface area (Å²) < 4.78 is 16.1. The number of amides is 2. The summed E-state index contributed by atoms with van der Waals surface area (Å²) in [6.07, 6.45) is 0.935. The van der Waals surface area contributed by atoms with Gasteiger partial charge in [0.1, 0.15) is 11.5 Å². The Kier molecular flexibility index (Phi) is 8.30. The molecule has 2 aromatic rings. The summed E-state index contributed by atoms with van der Waals surface area (Å²) in [5, 5.41) is 0. The van der Waals surface area contributed by atoms with Gasteiger partial charge < -0.3 is 14.2 Å². The van der Waals surface area contributed by atoms with Crippen molar-refractivity contribution in [2.45, 2.75) is 26.9 Å². The second-order valence-electron chi connectivity index (χ2n) is 5.95. The molecule has 0 aliphatic heterocycles. The van der Waals surface area contributed by atoms with Crippen LogP contribution in [0.3, 0.4) is 0 Å². The van der Waals surface area contributed by atoms with Gasteiger partial charge in [0.2, 0.25) is 0 Å². The van der Waals surface area contributed by atoms with Crippen molar-refractivity contribution < 1.29 is 23.8 Å².